The van der Waals surface area contributed by atoms with Gasteiger partial charge in [0.25, 0.3) is 0 Å². The maximum Gasteiger partial charge on any atom is 0.394 e. The first-order chi connectivity index (χ1) is 5.68. The Morgan fingerprint density at radius 2 is 1.92 bits per heavy atom. The molecule has 0 spiro atoms. The van der Waals surface area contributed by atoms with E-state index in [0.717, 1.165) is 19.3 Å². The number of carboxylic acids is 1. The second-order valence-electron chi connectivity index (χ2n) is 2.41. The van der Waals surface area contributed by atoms with Crippen molar-refractivity contribution in [2.75, 3.05) is 13.1 Å². The summed E-state index contributed by atoms with van der Waals surface area (Å²) in [5, 5.41) is 10.4. The van der Waals surface area contributed by atoms with Crippen molar-refractivity contribution in [3.8, 4) is 0 Å². The lowest BCUT2D eigenvalue weighted by atomic mass is 10.2. The number of unbranched alkanes of at least 4 members (excludes halogenated alkanes) is 2. The molecule has 0 atom stereocenters. The van der Waals surface area contributed by atoms with Gasteiger partial charge in [0.1, 0.15) is 0 Å². The number of nitrogens with two attached hydrogens (primary N) is 1. The molecule has 0 fully saturated rings. The van der Waals surface area contributed by atoms with E-state index in [1.54, 1.807) is 0 Å². The third kappa shape index (κ3) is 5.67. The fourth-order valence-corrected chi connectivity index (χ4v) is 0.724. The van der Waals surface area contributed by atoms with Gasteiger partial charge in [0.15, 0.2) is 0 Å². The molecule has 0 saturated heterocycles. The van der Waals surface area contributed by atoms with Crippen LogP contribution in [-0.2, 0) is 9.59 Å². The highest BCUT2D eigenvalue weighted by molar-refractivity contribution is 6.31. The van der Waals surface area contributed by atoms with Gasteiger partial charge in [-0.3, -0.25) is 4.79 Å². The first kappa shape index (κ1) is 10.9. The van der Waals surface area contributed by atoms with E-state index in [-0.39, 0.29) is 0 Å². The molecule has 0 aliphatic rings. The van der Waals surface area contributed by atoms with Gasteiger partial charge in [-0.25, -0.2) is 4.79 Å². The van der Waals surface area contributed by atoms with E-state index in [1.807, 2.05) is 0 Å². The standard InChI is InChI=1S/C7H14N2O3/c8-4-2-1-3-5-9-6(10)7(11)12/h1-5,8H2,(H,9,10)(H,11,12). The summed E-state index contributed by atoms with van der Waals surface area (Å²) in [4.78, 5) is 20.4. The lowest BCUT2D eigenvalue weighted by Crippen LogP contribution is -2.31. The van der Waals surface area contributed by atoms with Gasteiger partial charge in [-0.15, -0.1) is 0 Å². The molecule has 4 N–H and O–H groups in total. The number of carbonyl (C=O) groups is 2. The van der Waals surface area contributed by atoms with E-state index in [2.05, 4.69) is 5.32 Å². The highest BCUT2D eigenvalue weighted by Gasteiger charge is 2.08. The molecule has 70 valence electrons. The highest BCUT2D eigenvalue weighted by atomic mass is 16.4. The molecule has 0 aliphatic heterocycles. The summed E-state index contributed by atoms with van der Waals surface area (Å²) < 4.78 is 0. The third-order valence-corrected chi connectivity index (χ3v) is 1.36. The molecule has 0 radical (unpaired) electrons. The average molecular weight is 174 g/mol. The number of carbonyl (C=O) groups excluding carboxylic acids is 1. The van der Waals surface area contributed by atoms with Crippen molar-refractivity contribution < 1.29 is 14.7 Å². The van der Waals surface area contributed by atoms with Crippen LogP contribution in [0.25, 0.3) is 0 Å². The Labute approximate surface area is 70.9 Å². The quantitative estimate of drug-likeness (QED) is 0.380. The first-order valence-corrected chi connectivity index (χ1v) is 3.89. The summed E-state index contributed by atoms with van der Waals surface area (Å²) in [6.45, 7) is 1.04. The monoisotopic (exact) mass is 174 g/mol. The smallest absolute Gasteiger partial charge is 0.394 e. The van der Waals surface area contributed by atoms with E-state index in [0.29, 0.717) is 13.1 Å². The van der Waals surface area contributed by atoms with Gasteiger partial charge < -0.3 is 16.2 Å². The van der Waals surface area contributed by atoms with Crippen molar-refractivity contribution in [1.82, 2.24) is 5.32 Å². The van der Waals surface area contributed by atoms with Gasteiger partial charge in [0.05, 0.1) is 0 Å². The first-order valence-electron chi connectivity index (χ1n) is 3.89. The van der Waals surface area contributed by atoms with Crippen LogP contribution in [-0.4, -0.2) is 30.1 Å². The highest BCUT2D eigenvalue weighted by Crippen LogP contribution is 1.90. The van der Waals surface area contributed by atoms with Crippen molar-refractivity contribution in [3.05, 3.63) is 0 Å². The molecule has 0 bridgehead atoms. The maximum absolute atomic E-state index is 10.4. The van der Waals surface area contributed by atoms with Crippen molar-refractivity contribution >= 4 is 11.9 Å². The second kappa shape index (κ2) is 6.60. The van der Waals surface area contributed by atoms with Crippen LogP contribution in [0.15, 0.2) is 0 Å². The Bertz CT molecular complexity index is 159. The number of carboxylic acid groups (broad SMARTS) is 1. The van der Waals surface area contributed by atoms with Crippen LogP contribution in [0.2, 0.25) is 0 Å². The van der Waals surface area contributed by atoms with Crippen molar-refractivity contribution in [1.29, 1.82) is 0 Å². The van der Waals surface area contributed by atoms with Crippen molar-refractivity contribution in [2.45, 2.75) is 19.3 Å². The van der Waals surface area contributed by atoms with E-state index in [1.165, 1.54) is 0 Å². The zero-order valence-electron chi connectivity index (χ0n) is 6.88. The molecule has 0 aromatic rings. The van der Waals surface area contributed by atoms with Crippen molar-refractivity contribution in [2.24, 2.45) is 5.73 Å². The fraction of sp³-hybridized carbons (Fsp3) is 0.714. The van der Waals surface area contributed by atoms with E-state index in [4.69, 9.17) is 10.8 Å². The van der Waals surface area contributed by atoms with Crippen molar-refractivity contribution in [3.63, 3.8) is 0 Å². The summed E-state index contributed by atoms with van der Waals surface area (Å²) >= 11 is 0. The maximum atomic E-state index is 10.4. The van der Waals surface area contributed by atoms with Gasteiger partial charge in [0, 0.05) is 6.54 Å². The number of hydrogen-bond donors (Lipinski definition) is 3. The molecule has 0 aromatic heterocycles. The van der Waals surface area contributed by atoms with Gasteiger partial charge in [0.2, 0.25) is 0 Å². The number of aliphatic carboxylic acids is 1. The van der Waals surface area contributed by atoms with E-state index < -0.39 is 11.9 Å². The normalized spacial score (nSPS) is 9.42. The average Bonchev–Trinajstić information content (AvgIpc) is 2.03. The minimum atomic E-state index is -1.44. The second-order valence-corrected chi connectivity index (χ2v) is 2.41. The molecule has 0 heterocycles. The van der Waals surface area contributed by atoms with Gasteiger partial charge in [-0.05, 0) is 19.4 Å². The van der Waals surface area contributed by atoms with Crippen LogP contribution < -0.4 is 11.1 Å². The Morgan fingerprint density at radius 1 is 1.25 bits per heavy atom. The molecule has 12 heavy (non-hydrogen) atoms. The SMILES string of the molecule is NCCCCCNC(=O)C(=O)O. The zero-order chi connectivity index (χ0) is 9.40. The zero-order valence-corrected chi connectivity index (χ0v) is 6.88. The molecule has 0 rings (SSSR count). The molecule has 0 aromatic carbocycles. The lowest BCUT2D eigenvalue weighted by Gasteiger charge is -2.00. The van der Waals surface area contributed by atoms with E-state index in [9.17, 15) is 9.59 Å². The topological polar surface area (TPSA) is 92.4 Å². The van der Waals surface area contributed by atoms with Gasteiger partial charge in [-0.1, -0.05) is 6.42 Å². The van der Waals surface area contributed by atoms with Crippen LogP contribution in [0, 0.1) is 0 Å². The van der Waals surface area contributed by atoms with Crippen LogP contribution in [0.3, 0.4) is 0 Å². The molecule has 5 nitrogen and oxygen atoms in total. The minimum Gasteiger partial charge on any atom is -0.474 e. The number of rotatable bonds is 5. The molecular formula is C7H14N2O3. The molecule has 5 heteroatoms. The molecule has 0 unspecified atom stereocenters. The van der Waals surface area contributed by atoms with Crippen LogP contribution in [0.4, 0.5) is 0 Å². The summed E-state index contributed by atoms with van der Waals surface area (Å²) in [6, 6.07) is 0. The number of hydrogen-bond acceptors (Lipinski definition) is 3. The van der Waals surface area contributed by atoms with Crippen LogP contribution in [0.1, 0.15) is 19.3 Å². The number of amides is 1. The summed E-state index contributed by atoms with van der Waals surface area (Å²) in [5.74, 6) is -2.38. The minimum absolute atomic E-state index is 0.408. The predicted molar refractivity (Wildman–Crippen MR) is 43.6 cm³/mol. The predicted octanol–water partition coefficient (Wildman–Crippen LogP) is -0.684. The summed E-state index contributed by atoms with van der Waals surface area (Å²) in [5.41, 5.74) is 5.24. The van der Waals surface area contributed by atoms with Crippen LogP contribution in [0.5, 0.6) is 0 Å². The summed E-state index contributed by atoms with van der Waals surface area (Å²) in [6.07, 6.45) is 2.59. The molecular weight excluding hydrogens is 160 g/mol. The molecule has 0 saturated carbocycles. The Balaban J connectivity index is 3.20. The fourth-order valence-electron chi connectivity index (χ4n) is 0.724. The Morgan fingerprint density at radius 3 is 2.42 bits per heavy atom. The Hall–Kier alpha value is -1.10. The summed E-state index contributed by atoms with van der Waals surface area (Å²) in [7, 11) is 0. The third-order valence-electron chi connectivity index (χ3n) is 1.36. The van der Waals surface area contributed by atoms with Crippen LogP contribution >= 0.6 is 0 Å². The lowest BCUT2D eigenvalue weighted by molar-refractivity contribution is -0.150. The Kier molecular flexibility index (Phi) is 6.00. The molecule has 0 aliphatic carbocycles. The number of nitrogens with one attached hydrogen (secondary N) is 1. The largest absolute Gasteiger partial charge is 0.474 e. The van der Waals surface area contributed by atoms with Gasteiger partial charge >= 0.3 is 11.9 Å². The molecule has 1 amide bonds. The van der Waals surface area contributed by atoms with Gasteiger partial charge in [-0.2, -0.15) is 0 Å². The van der Waals surface area contributed by atoms with E-state index >= 15 is 0 Å².